The molecule has 106 valence electrons. The van der Waals surface area contributed by atoms with E-state index in [0.717, 1.165) is 11.1 Å². The summed E-state index contributed by atoms with van der Waals surface area (Å²) in [6, 6.07) is 14.2. The molecule has 1 aromatic heterocycles. The number of anilines is 3. The molecule has 6 heteroatoms. The molecule has 0 radical (unpaired) electrons. The first kappa shape index (κ1) is 13.3. The minimum absolute atomic E-state index is 0.242. The second-order valence-corrected chi connectivity index (χ2v) is 4.57. The summed E-state index contributed by atoms with van der Waals surface area (Å²) in [5, 5.41) is 0.752. The smallest absolute Gasteiger partial charge is 0.239 e. The molecule has 0 saturated heterocycles. The van der Waals surface area contributed by atoms with Crippen LogP contribution in [0.5, 0.6) is 0 Å². The number of aromatic nitrogens is 2. The monoisotopic (exact) mass is 283 g/mol. The van der Waals surface area contributed by atoms with E-state index < -0.39 is 0 Å². The molecular formula is C15H14FN5. The second-order valence-electron chi connectivity index (χ2n) is 4.57. The summed E-state index contributed by atoms with van der Waals surface area (Å²) >= 11 is 0. The molecule has 0 fully saturated rings. The number of fused-ring (bicyclic) bond motifs is 1. The standard InChI is InChI=1S/C15H14FN5/c1-21(11-5-3-2-4-6-11)14-12-8-7-10(16)9-13(12)18-15(19-14)20-17/h2-9H,17H2,1H3,(H,18,19,20). The summed E-state index contributed by atoms with van der Waals surface area (Å²) in [7, 11) is 1.89. The Morgan fingerprint density at radius 3 is 2.57 bits per heavy atom. The topological polar surface area (TPSA) is 67.1 Å². The van der Waals surface area contributed by atoms with Crippen molar-refractivity contribution >= 4 is 28.4 Å². The van der Waals surface area contributed by atoms with Gasteiger partial charge >= 0.3 is 0 Å². The molecule has 0 aliphatic heterocycles. The van der Waals surface area contributed by atoms with Gasteiger partial charge in [0.25, 0.3) is 0 Å². The van der Waals surface area contributed by atoms with Gasteiger partial charge in [-0.3, -0.25) is 5.43 Å². The number of nitrogens with zero attached hydrogens (tertiary/aromatic N) is 3. The van der Waals surface area contributed by atoms with Gasteiger partial charge in [0.15, 0.2) is 0 Å². The van der Waals surface area contributed by atoms with Crippen molar-refractivity contribution in [2.45, 2.75) is 0 Å². The van der Waals surface area contributed by atoms with E-state index in [2.05, 4.69) is 15.4 Å². The van der Waals surface area contributed by atoms with Crippen molar-refractivity contribution in [1.82, 2.24) is 9.97 Å². The lowest BCUT2D eigenvalue weighted by Gasteiger charge is -2.20. The van der Waals surface area contributed by atoms with Crippen molar-refractivity contribution in [2.75, 3.05) is 17.4 Å². The predicted octanol–water partition coefficient (Wildman–Crippen LogP) is 2.82. The Balaban J connectivity index is 2.21. The summed E-state index contributed by atoms with van der Waals surface area (Å²) in [5.41, 5.74) is 3.87. The zero-order valence-electron chi connectivity index (χ0n) is 11.4. The molecule has 3 N–H and O–H groups in total. The maximum absolute atomic E-state index is 13.4. The minimum atomic E-state index is -0.350. The maximum Gasteiger partial charge on any atom is 0.239 e. The Morgan fingerprint density at radius 1 is 1.10 bits per heavy atom. The molecule has 5 nitrogen and oxygen atoms in total. The molecule has 0 aliphatic carbocycles. The van der Waals surface area contributed by atoms with Gasteiger partial charge in [0, 0.05) is 24.2 Å². The number of hydrogen-bond acceptors (Lipinski definition) is 5. The molecule has 2 aromatic carbocycles. The molecular weight excluding hydrogens is 269 g/mol. The molecule has 3 aromatic rings. The van der Waals surface area contributed by atoms with Crippen LogP contribution in [0, 0.1) is 5.82 Å². The Hall–Kier alpha value is -2.73. The summed E-state index contributed by atoms with van der Waals surface area (Å²) < 4.78 is 13.4. The number of hydrogen-bond donors (Lipinski definition) is 2. The van der Waals surface area contributed by atoms with Gasteiger partial charge in [-0.05, 0) is 24.3 Å². The highest BCUT2D eigenvalue weighted by Gasteiger charge is 2.13. The predicted molar refractivity (Wildman–Crippen MR) is 81.8 cm³/mol. The third kappa shape index (κ3) is 2.48. The largest absolute Gasteiger partial charge is 0.329 e. The summed E-state index contributed by atoms with van der Waals surface area (Å²) in [5.74, 6) is 5.94. The summed E-state index contributed by atoms with van der Waals surface area (Å²) in [4.78, 5) is 10.5. The molecule has 0 atom stereocenters. The lowest BCUT2D eigenvalue weighted by atomic mass is 10.2. The number of para-hydroxylation sites is 1. The van der Waals surface area contributed by atoms with Crippen LogP contribution in [-0.2, 0) is 0 Å². The highest BCUT2D eigenvalue weighted by atomic mass is 19.1. The van der Waals surface area contributed by atoms with Crippen molar-refractivity contribution in [1.29, 1.82) is 0 Å². The molecule has 0 saturated carbocycles. The molecule has 0 spiro atoms. The maximum atomic E-state index is 13.4. The van der Waals surface area contributed by atoms with E-state index in [1.807, 2.05) is 42.3 Å². The van der Waals surface area contributed by atoms with E-state index in [0.29, 0.717) is 11.3 Å². The fourth-order valence-electron chi connectivity index (χ4n) is 2.18. The molecule has 21 heavy (non-hydrogen) atoms. The minimum Gasteiger partial charge on any atom is -0.329 e. The van der Waals surface area contributed by atoms with Crippen molar-refractivity contribution < 1.29 is 4.39 Å². The Morgan fingerprint density at radius 2 is 1.86 bits per heavy atom. The average molecular weight is 283 g/mol. The molecule has 0 aliphatic rings. The van der Waals surface area contributed by atoms with E-state index >= 15 is 0 Å². The van der Waals surface area contributed by atoms with E-state index in [-0.39, 0.29) is 11.8 Å². The average Bonchev–Trinajstić information content (AvgIpc) is 2.53. The van der Waals surface area contributed by atoms with Crippen molar-refractivity contribution in [3.63, 3.8) is 0 Å². The molecule has 1 heterocycles. The van der Waals surface area contributed by atoms with Gasteiger partial charge in [-0.2, -0.15) is 4.98 Å². The van der Waals surface area contributed by atoms with E-state index in [1.54, 1.807) is 6.07 Å². The number of halogens is 1. The zero-order valence-corrected chi connectivity index (χ0v) is 11.4. The van der Waals surface area contributed by atoms with E-state index in [9.17, 15) is 4.39 Å². The Kier molecular flexibility index (Phi) is 3.37. The third-order valence-corrected chi connectivity index (χ3v) is 3.23. The number of benzene rings is 2. The summed E-state index contributed by atoms with van der Waals surface area (Å²) in [6.45, 7) is 0. The molecule has 0 unspecified atom stereocenters. The first-order valence-corrected chi connectivity index (χ1v) is 6.42. The SMILES string of the molecule is CN(c1ccccc1)c1nc(NN)nc2cc(F)ccc12. The quantitative estimate of drug-likeness (QED) is 0.571. The second kappa shape index (κ2) is 5.34. The number of nitrogen functional groups attached to an aromatic ring is 1. The molecule has 0 amide bonds. The van der Waals surface area contributed by atoms with E-state index in [4.69, 9.17) is 5.84 Å². The highest BCUT2D eigenvalue weighted by molar-refractivity contribution is 5.92. The van der Waals surface area contributed by atoms with Gasteiger partial charge in [0.2, 0.25) is 5.95 Å². The van der Waals surface area contributed by atoms with Crippen LogP contribution >= 0.6 is 0 Å². The van der Waals surface area contributed by atoms with Gasteiger partial charge in [-0.15, -0.1) is 0 Å². The highest BCUT2D eigenvalue weighted by Crippen LogP contribution is 2.29. The molecule has 3 rings (SSSR count). The third-order valence-electron chi connectivity index (χ3n) is 3.23. The zero-order chi connectivity index (χ0) is 14.8. The molecule has 0 bridgehead atoms. The number of hydrazine groups is 1. The van der Waals surface area contributed by atoms with Crippen LogP contribution in [0.15, 0.2) is 48.5 Å². The van der Waals surface area contributed by atoms with Crippen LogP contribution in [0.4, 0.5) is 21.8 Å². The number of nitrogens with one attached hydrogen (secondary N) is 1. The fraction of sp³-hybridized carbons (Fsp3) is 0.0667. The lowest BCUT2D eigenvalue weighted by Crippen LogP contribution is -2.16. The Bertz CT molecular complexity index is 776. The van der Waals surface area contributed by atoms with Gasteiger partial charge in [0.05, 0.1) is 5.52 Å². The lowest BCUT2D eigenvalue weighted by molar-refractivity contribution is 0.629. The number of nitrogens with two attached hydrogens (primary N) is 1. The van der Waals surface area contributed by atoms with Crippen molar-refractivity contribution in [2.24, 2.45) is 5.84 Å². The first-order chi connectivity index (χ1) is 10.2. The fourth-order valence-corrected chi connectivity index (χ4v) is 2.18. The van der Waals surface area contributed by atoms with Crippen LogP contribution in [-0.4, -0.2) is 17.0 Å². The van der Waals surface area contributed by atoms with Crippen LogP contribution in [0.25, 0.3) is 10.9 Å². The summed E-state index contributed by atoms with van der Waals surface area (Å²) in [6.07, 6.45) is 0. The first-order valence-electron chi connectivity index (χ1n) is 6.42. The van der Waals surface area contributed by atoms with Gasteiger partial charge < -0.3 is 4.90 Å². The van der Waals surface area contributed by atoms with Gasteiger partial charge in [-0.1, -0.05) is 18.2 Å². The van der Waals surface area contributed by atoms with E-state index in [1.165, 1.54) is 12.1 Å². The van der Waals surface area contributed by atoms with Crippen LogP contribution in [0.2, 0.25) is 0 Å². The number of rotatable bonds is 3. The van der Waals surface area contributed by atoms with Crippen LogP contribution in [0.1, 0.15) is 0 Å². The normalized spacial score (nSPS) is 10.6. The Labute approximate surface area is 121 Å². The van der Waals surface area contributed by atoms with Crippen LogP contribution < -0.4 is 16.2 Å². The van der Waals surface area contributed by atoms with Gasteiger partial charge in [0.1, 0.15) is 11.6 Å². The van der Waals surface area contributed by atoms with Crippen LogP contribution in [0.3, 0.4) is 0 Å². The van der Waals surface area contributed by atoms with Gasteiger partial charge in [-0.25, -0.2) is 15.2 Å². The van der Waals surface area contributed by atoms with Crippen molar-refractivity contribution in [3.05, 3.63) is 54.3 Å². The van der Waals surface area contributed by atoms with Crippen molar-refractivity contribution in [3.8, 4) is 0 Å².